The Kier molecular flexibility index (Phi) is 6.53. The fraction of sp³-hybridized carbons (Fsp3) is 0.333. The molecular formula is C18H21N3O6. The second-order valence-corrected chi connectivity index (χ2v) is 5.85. The zero-order chi connectivity index (χ0) is 20.0. The molecule has 0 spiro atoms. The highest BCUT2D eigenvalue weighted by atomic mass is 16.6. The number of nitrogens with zero attached hydrogens (tertiary/aromatic N) is 2. The van der Waals surface area contributed by atoms with Crippen molar-refractivity contribution in [3.8, 4) is 11.5 Å². The lowest BCUT2D eigenvalue weighted by Gasteiger charge is -2.10. The largest absolute Gasteiger partial charge is 0.493 e. The molecule has 0 saturated heterocycles. The number of hydrogen-bond donors (Lipinski definition) is 1. The summed E-state index contributed by atoms with van der Waals surface area (Å²) in [7, 11) is 3.09. The van der Waals surface area contributed by atoms with E-state index in [1.54, 1.807) is 20.3 Å². The minimum Gasteiger partial charge on any atom is -0.493 e. The highest BCUT2D eigenvalue weighted by molar-refractivity contribution is 5.75. The Morgan fingerprint density at radius 1 is 1.22 bits per heavy atom. The summed E-state index contributed by atoms with van der Waals surface area (Å²) >= 11 is 0. The number of carbonyl (C=O) groups is 1. The standard InChI is InChI=1S/C18H21N3O6/c1-12-8-18(23)20(10-14(12)21(24)25)11-17(22)19-7-6-13-4-5-15(26-2)16(9-13)27-3/h4-5,8-10H,6-7,11H2,1-3H3,(H,19,22). The van der Waals surface area contributed by atoms with Crippen LogP contribution in [0.5, 0.6) is 11.5 Å². The molecule has 0 radical (unpaired) electrons. The van der Waals surface area contributed by atoms with E-state index in [-0.39, 0.29) is 17.8 Å². The smallest absolute Gasteiger partial charge is 0.288 e. The second kappa shape index (κ2) is 8.84. The van der Waals surface area contributed by atoms with E-state index in [0.717, 1.165) is 22.4 Å². The number of carbonyl (C=O) groups excluding carboxylic acids is 1. The van der Waals surface area contributed by atoms with E-state index >= 15 is 0 Å². The molecule has 1 N–H and O–H groups in total. The van der Waals surface area contributed by atoms with Crippen LogP contribution in [0, 0.1) is 17.0 Å². The molecule has 0 saturated carbocycles. The van der Waals surface area contributed by atoms with Crippen molar-refractivity contribution in [1.82, 2.24) is 9.88 Å². The first-order valence-corrected chi connectivity index (χ1v) is 8.18. The van der Waals surface area contributed by atoms with E-state index in [0.29, 0.717) is 24.5 Å². The number of methoxy groups -OCH3 is 2. The first-order chi connectivity index (χ1) is 12.8. The summed E-state index contributed by atoms with van der Waals surface area (Å²) in [4.78, 5) is 34.4. The van der Waals surface area contributed by atoms with Crippen molar-refractivity contribution >= 4 is 11.6 Å². The Hall–Kier alpha value is -3.36. The maximum Gasteiger partial charge on any atom is 0.288 e. The highest BCUT2D eigenvalue weighted by Crippen LogP contribution is 2.27. The normalized spacial score (nSPS) is 10.3. The third-order valence-electron chi connectivity index (χ3n) is 4.00. The van der Waals surface area contributed by atoms with Gasteiger partial charge in [-0.1, -0.05) is 6.07 Å². The maximum atomic E-state index is 12.1. The Labute approximate surface area is 155 Å². The zero-order valence-corrected chi connectivity index (χ0v) is 15.4. The summed E-state index contributed by atoms with van der Waals surface area (Å²) in [6.45, 7) is 1.54. The summed E-state index contributed by atoms with van der Waals surface area (Å²) in [6.07, 6.45) is 1.64. The number of nitrogens with one attached hydrogen (secondary N) is 1. The molecule has 9 heteroatoms. The van der Waals surface area contributed by atoms with Crippen LogP contribution in [-0.2, 0) is 17.8 Å². The Morgan fingerprint density at radius 3 is 2.56 bits per heavy atom. The van der Waals surface area contributed by atoms with E-state index in [1.165, 1.54) is 6.92 Å². The molecular weight excluding hydrogens is 354 g/mol. The van der Waals surface area contributed by atoms with Gasteiger partial charge in [0.25, 0.3) is 11.2 Å². The summed E-state index contributed by atoms with van der Waals surface area (Å²) in [5, 5.41) is 13.7. The molecule has 0 bridgehead atoms. The molecule has 0 fully saturated rings. The summed E-state index contributed by atoms with van der Waals surface area (Å²) in [5.74, 6) is 0.807. The number of nitro groups is 1. The van der Waals surface area contributed by atoms with Gasteiger partial charge >= 0.3 is 0 Å². The quantitative estimate of drug-likeness (QED) is 0.552. The summed E-state index contributed by atoms with van der Waals surface area (Å²) < 4.78 is 11.4. The van der Waals surface area contributed by atoms with Crippen LogP contribution in [0.4, 0.5) is 5.69 Å². The van der Waals surface area contributed by atoms with Crippen molar-refractivity contribution in [3.63, 3.8) is 0 Å². The van der Waals surface area contributed by atoms with Crippen LogP contribution in [0.1, 0.15) is 11.1 Å². The number of benzene rings is 1. The minimum absolute atomic E-state index is 0.201. The molecule has 1 aromatic heterocycles. The van der Waals surface area contributed by atoms with E-state index < -0.39 is 16.4 Å². The summed E-state index contributed by atoms with van der Waals surface area (Å²) in [6, 6.07) is 6.61. The molecule has 0 aliphatic rings. The predicted molar refractivity (Wildman–Crippen MR) is 98.4 cm³/mol. The number of ether oxygens (including phenoxy) is 2. The van der Waals surface area contributed by atoms with Gasteiger partial charge in [-0.2, -0.15) is 0 Å². The lowest BCUT2D eigenvalue weighted by atomic mass is 10.1. The van der Waals surface area contributed by atoms with Crippen molar-refractivity contribution in [2.24, 2.45) is 0 Å². The van der Waals surface area contributed by atoms with Gasteiger partial charge in [0.15, 0.2) is 11.5 Å². The van der Waals surface area contributed by atoms with Gasteiger partial charge in [-0.3, -0.25) is 24.3 Å². The fourth-order valence-corrected chi connectivity index (χ4v) is 2.56. The van der Waals surface area contributed by atoms with Gasteiger partial charge in [0.05, 0.1) is 25.3 Å². The van der Waals surface area contributed by atoms with Gasteiger partial charge in [0.1, 0.15) is 6.54 Å². The zero-order valence-electron chi connectivity index (χ0n) is 15.4. The van der Waals surface area contributed by atoms with Crippen LogP contribution in [0.25, 0.3) is 0 Å². The topological polar surface area (TPSA) is 113 Å². The molecule has 0 atom stereocenters. The number of amides is 1. The van der Waals surface area contributed by atoms with Crippen molar-refractivity contribution in [2.75, 3.05) is 20.8 Å². The van der Waals surface area contributed by atoms with E-state index in [4.69, 9.17) is 9.47 Å². The SMILES string of the molecule is COc1ccc(CCNC(=O)Cn2cc([N+](=O)[O-])c(C)cc2=O)cc1OC. The average molecular weight is 375 g/mol. The van der Waals surface area contributed by atoms with Gasteiger partial charge in [0.2, 0.25) is 5.91 Å². The Bertz CT molecular complexity index is 906. The van der Waals surface area contributed by atoms with E-state index in [9.17, 15) is 19.7 Å². The molecule has 0 unspecified atom stereocenters. The summed E-state index contributed by atoms with van der Waals surface area (Å²) in [5.41, 5.74) is 0.534. The van der Waals surface area contributed by atoms with Crippen LogP contribution < -0.4 is 20.3 Å². The monoisotopic (exact) mass is 375 g/mol. The number of aromatic nitrogens is 1. The second-order valence-electron chi connectivity index (χ2n) is 5.85. The Balaban J connectivity index is 1.96. The van der Waals surface area contributed by atoms with Gasteiger partial charge in [0, 0.05) is 18.2 Å². The van der Waals surface area contributed by atoms with Gasteiger partial charge in [-0.15, -0.1) is 0 Å². The minimum atomic E-state index is -0.583. The molecule has 2 aromatic rings. The van der Waals surface area contributed by atoms with Crippen LogP contribution in [0.3, 0.4) is 0 Å². The third kappa shape index (κ3) is 5.06. The van der Waals surface area contributed by atoms with E-state index in [2.05, 4.69) is 5.32 Å². The molecule has 144 valence electrons. The molecule has 1 amide bonds. The molecule has 0 aliphatic carbocycles. The Morgan fingerprint density at radius 2 is 1.93 bits per heavy atom. The first-order valence-electron chi connectivity index (χ1n) is 8.18. The van der Waals surface area contributed by atoms with Crippen molar-refractivity contribution in [2.45, 2.75) is 19.9 Å². The molecule has 0 aliphatic heterocycles. The van der Waals surface area contributed by atoms with Crippen molar-refractivity contribution < 1.29 is 19.2 Å². The fourth-order valence-electron chi connectivity index (χ4n) is 2.56. The number of rotatable bonds is 8. The van der Waals surface area contributed by atoms with Crippen LogP contribution in [-0.4, -0.2) is 36.2 Å². The van der Waals surface area contributed by atoms with Gasteiger partial charge < -0.3 is 14.8 Å². The number of aryl methyl sites for hydroxylation is 1. The van der Waals surface area contributed by atoms with Crippen LogP contribution >= 0.6 is 0 Å². The van der Waals surface area contributed by atoms with Gasteiger partial charge in [-0.05, 0) is 31.0 Å². The first kappa shape index (κ1) is 20.0. The van der Waals surface area contributed by atoms with Crippen molar-refractivity contribution in [3.05, 3.63) is 62.1 Å². The maximum absolute atomic E-state index is 12.1. The predicted octanol–water partition coefficient (Wildman–Crippen LogP) is 1.44. The highest BCUT2D eigenvalue weighted by Gasteiger charge is 2.14. The lowest BCUT2D eigenvalue weighted by Crippen LogP contribution is -2.33. The van der Waals surface area contributed by atoms with Crippen LogP contribution in [0.2, 0.25) is 0 Å². The molecule has 2 rings (SSSR count). The van der Waals surface area contributed by atoms with Crippen LogP contribution in [0.15, 0.2) is 35.3 Å². The molecule has 1 heterocycles. The van der Waals surface area contributed by atoms with Crippen molar-refractivity contribution in [1.29, 1.82) is 0 Å². The number of pyridine rings is 1. The number of hydrogen-bond acceptors (Lipinski definition) is 6. The lowest BCUT2D eigenvalue weighted by molar-refractivity contribution is -0.385. The molecule has 9 nitrogen and oxygen atoms in total. The molecule has 1 aromatic carbocycles. The third-order valence-corrected chi connectivity index (χ3v) is 4.00. The van der Waals surface area contributed by atoms with E-state index in [1.807, 2.05) is 12.1 Å². The van der Waals surface area contributed by atoms with Gasteiger partial charge in [-0.25, -0.2) is 0 Å². The average Bonchev–Trinajstić information content (AvgIpc) is 2.63. The molecule has 27 heavy (non-hydrogen) atoms.